The molecule has 1 aromatic carbocycles. The summed E-state index contributed by atoms with van der Waals surface area (Å²) in [6.45, 7) is 1.99. The molecule has 5 heterocycles. The summed E-state index contributed by atoms with van der Waals surface area (Å²) in [4.78, 5) is 32.5. The summed E-state index contributed by atoms with van der Waals surface area (Å²) >= 11 is 1.61. The van der Waals surface area contributed by atoms with Crippen molar-refractivity contribution in [2.45, 2.75) is 37.4 Å². The lowest BCUT2D eigenvalue weighted by atomic mass is 9.60. The Morgan fingerprint density at radius 2 is 1.77 bits per heavy atom. The standard InChI is InChI=1S/C32H38F3N7O5S/c1-48-9-6-28(31(44)45)42(20-2-3-26-27(11-20)38-39-37-26)41-15-24-22-13-40(14-23(22)25(24)16-41)30(43)19-10-21(18-4-7-46-8-5-18)29(36-12-19)47-17-32(33,34)35/h2-3,10-12,18,22-25,28H,4-9,13-17H2,1H3,(H,44,45)(H,37,38,39)/t22-,23+,24-,25+,28-/m0/s1. The van der Waals surface area contributed by atoms with Crippen LogP contribution in [0.4, 0.5) is 18.9 Å². The largest absolute Gasteiger partial charge is 0.480 e. The number of hydrogen-bond acceptors (Lipinski definition) is 10. The minimum atomic E-state index is -4.50. The van der Waals surface area contributed by atoms with E-state index in [1.807, 2.05) is 34.4 Å². The number of H-pyrrole nitrogens is 1. The van der Waals surface area contributed by atoms with Crippen molar-refractivity contribution in [3.05, 3.63) is 41.6 Å². The van der Waals surface area contributed by atoms with Gasteiger partial charge in [-0.15, -0.1) is 0 Å². The summed E-state index contributed by atoms with van der Waals surface area (Å²) in [5.74, 6) is 0.578. The Hall–Kier alpha value is -3.63. The van der Waals surface area contributed by atoms with Crippen molar-refractivity contribution in [3.63, 3.8) is 0 Å². The number of nitrogens with one attached hydrogen (secondary N) is 1. The van der Waals surface area contributed by atoms with Crippen LogP contribution in [0.5, 0.6) is 5.88 Å². The van der Waals surface area contributed by atoms with Crippen molar-refractivity contribution in [1.82, 2.24) is 30.3 Å². The first-order valence-electron chi connectivity index (χ1n) is 16.2. The molecule has 16 heteroatoms. The molecule has 48 heavy (non-hydrogen) atoms. The van der Waals surface area contributed by atoms with Crippen molar-refractivity contribution < 1.29 is 37.3 Å². The third-order valence-electron chi connectivity index (χ3n) is 10.4. The van der Waals surface area contributed by atoms with Gasteiger partial charge in [-0.05, 0) is 85.1 Å². The number of carbonyl (C=O) groups is 2. The molecule has 2 N–H and O–H groups in total. The molecule has 1 saturated carbocycles. The van der Waals surface area contributed by atoms with Crippen LogP contribution in [0.15, 0.2) is 30.5 Å². The number of carboxylic acid groups (broad SMARTS) is 1. The highest BCUT2D eigenvalue weighted by molar-refractivity contribution is 7.98. The maximum absolute atomic E-state index is 13.8. The molecule has 5 atom stereocenters. The summed E-state index contributed by atoms with van der Waals surface area (Å²) in [7, 11) is 0. The van der Waals surface area contributed by atoms with Crippen molar-refractivity contribution in [2.75, 3.05) is 63.0 Å². The van der Waals surface area contributed by atoms with Gasteiger partial charge in [-0.3, -0.25) is 9.80 Å². The van der Waals surface area contributed by atoms with E-state index in [0.717, 1.165) is 5.69 Å². The van der Waals surface area contributed by atoms with E-state index >= 15 is 0 Å². The first kappa shape index (κ1) is 32.9. The summed E-state index contributed by atoms with van der Waals surface area (Å²) in [5.41, 5.74) is 2.98. The molecule has 0 unspecified atom stereocenters. The van der Waals surface area contributed by atoms with E-state index in [4.69, 9.17) is 9.47 Å². The number of benzene rings is 1. The summed E-state index contributed by atoms with van der Waals surface area (Å²) in [6.07, 6.45) is 0.475. The van der Waals surface area contributed by atoms with E-state index < -0.39 is 24.8 Å². The van der Waals surface area contributed by atoms with E-state index in [-0.39, 0.29) is 29.5 Å². The predicted molar refractivity (Wildman–Crippen MR) is 171 cm³/mol. The number of alkyl halides is 3. The Morgan fingerprint density at radius 1 is 1.08 bits per heavy atom. The van der Waals surface area contributed by atoms with Crippen LogP contribution in [0.25, 0.3) is 11.0 Å². The summed E-state index contributed by atoms with van der Waals surface area (Å²) in [6, 6.07) is 6.51. The molecular weight excluding hydrogens is 651 g/mol. The Morgan fingerprint density at radius 3 is 2.44 bits per heavy atom. The molecule has 1 amide bonds. The van der Waals surface area contributed by atoms with Gasteiger partial charge in [-0.25, -0.2) is 14.8 Å². The maximum atomic E-state index is 13.8. The summed E-state index contributed by atoms with van der Waals surface area (Å²) in [5, 5.41) is 25.4. The Bertz CT molecular complexity index is 1630. The molecule has 1 aliphatic carbocycles. The fourth-order valence-electron chi connectivity index (χ4n) is 8.13. The average molecular weight is 690 g/mol. The first-order chi connectivity index (χ1) is 23.1. The molecular formula is C32H38F3N7O5S. The third kappa shape index (κ3) is 6.41. The fourth-order valence-corrected chi connectivity index (χ4v) is 8.59. The van der Waals surface area contributed by atoms with Crippen molar-refractivity contribution in [2.24, 2.45) is 23.7 Å². The Labute approximate surface area is 279 Å². The van der Waals surface area contributed by atoms with E-state index in [1.54, 1.807) is 17.8 Å². The number of anilines is 1. The van der Waals surface area contributed by atoms with Gasteiger partial charge in [0.2, 0.25) is 5.88 Å². The van der Waals surface area contributed by atoms with Gasteiger partial charge < -0.3 is 19.5 Å². The molecule has 4 aliphatic rings. The number of aliphatic carboxylic acids is 1. The highest BCUT2D eigenvalue weighted by Gasteiger charge is 2.60. The lowest BCUT2D eigenvalue weighted by Gasteiger charge is -2.42. The lowest BCUT2D eigenvalue weighted by molar-refractivity contribution is -0.154. The molecule has 12 nitrogen and oxygen atoms in total. The molecule has 0 radical (unpaired) electrons. The topological polar surface area (TPSA) is 137 Å². The Kier molecular flexibility index (Phi) is 9.15. The van der Waals surface area contributed by atoms with E-state index in [0.29, 0.717) is 98.4 Å². The van der Waals surface area contributed by atoms with Gasteiger partial charge in [-0.2, -0.15) is 40.3 Å². The average Bonchev–Trinajstić information content (AvgIpc) is 3.80. The van der Waals surface area contributed by atoms with Gasteiger partial charge in [-0.1, -0.05) is 0 Å². The second kappa shape index (κ2) is 13.3. The zero-order valence-corrected chi connectivity index (χ0v) is 27.3. The third-order valence-corrected chi connectivity index (χ3v) is 11.0. The molecule has 258 valence electrons. The number of aromatic nitrogens is 4. The van der Waals surface area contributed by atoms with Crippen molar-refractivity contribution in [3.8, 4) is 5.88 Å². The molecule has 3 aromatic rings. The highest BCUT2D eigenvalue weighted by atomic mass is 32.2. The number of halogens is 3. The number of hydrazine groups is 1. The maximum Gasteiger partial charge on any atom is 0.422 e. The van der Waals surface area contributed by atoms with Crippen LogP contribution in [0.1, 0.15) is 41.1 Å². The number of pyridine rings is 1. The number of fused-ring (bicyclic) bond motifs is 5. The quantitative estimate of drug-likeness (QED) is 0.302. The van der Waals surface area contributed by atoms with Gasteiger partial charge >= 0.3 is 12.1 Å². The minimum absolute atomic E-state index is 0.0867. The van der Waals surface area contributed by atoms with Crippen molar-refractivity contribution in [1.29, 1.82) is 0 Å². The number of rotatable bonds is 11. The second-order valence-corrected chi connectivity index (χ2v) is 14.1. The van der Waals surface area contributed by atoms with Gasteiger partial charge in [0.1, 0.15) is 17.1 Å². The fraction of sp³-hybridized carbons (Fsp3) is 0.594. The van der Waals surface area contributed by atoms with E-state index in [9.17, 15) is 27.9 Å². The number of likely N-dealkylation sites (tertiary alicyclic amines) is 1. The Balaban J connectivity index is 1.07. The van der Waals surface area contributed by atoms with Crippen LogP contribution in [-0.2, 0) is 9.53 Å². The van der Waals surface area contributed by atoms with Gasteiger partial charge in [0, 0.05) is 51.2 Å². The SMILES string of the molecule is CSCC[C@@H](C(=O)O)N(c1ccc2n[nH]nc2c1)N1C[C@@H]2[C@@H]3CN(C(=O)c4cnc(OCC(F)(F)F)c(C5CCOCC5)c4)C[C@@H]3[C@@H]2C1. The van der Waals surface area contributed by atoms with Crippen LogP contribution < -0.4 is 9.75 Å². The van der Waals surface area contributed by atoms with Crippen LogP contribution in [0.3, 0.4) is 0 Å². The zero-order chi connectivity index (χ0) is 33.6. The lowest BCUT2D eigenvalue weighted by Crippen LogP contribution is -2.52. The van der Waals surface area contributed by atoms with Crippen LogP contribution in [-0.4, -0.2) is 118 Å². The number of amides is 1. The van der Waals surface area contributed by atoms with Crippen LogP contribution in [0, 0.1) is 23.7 Å². The molecule has 7 rings (SSSR count). The van der Waals surface area contributed by atoms with E-state index in [2.05, 4.69) is 25.4 Å². The molecule has 0 bridgehead atoms. The van der Waals surface area contributed by atoms with Gasteiger partial charge in [0.05, 0.1) is 11.3 Å². The number of carboxylic acids is 1. The monoisotopic (exact) mass is 689 g/mol. The number of carbonyl (C=O) groups excluding carboxylic acids is 1. The van der Waals surface area contributed by atoms with E-state index in [1.165, 1.54) is 6.20 Å². The normalized spacial score (nSPS) is 25.0. The second-order valence-electron chi connectivity index (χ2n) is 13.1. The van der Waals surface area contributed by atoms with Gasteiger partial charge in [0.15, 0.2) is 6.61 Å². The number of thioether (sulfide) groups is 1. The summed E-state index contributed by atoms with van der Waals surface area (Å²) < 4.78 is 49.4. The molecule has 3 aliphatic heterocycles. The van der Waals surface area contributed by atoms with Crippen LogP contribution in [0.2, 0.25) is 0 Å². The molecule has 4 fully saturated rings. The minimum Gasteiger partial charge on any atom is -0.480 e. The zero-order valence-electron chi connectivity index (χ0n) is 26.4. The first-order valence-corrected chi connectivity index (χ1v) is 17.6. The van der Waals surface area contributed by atoms with Crippen molar-refractivity contribution >= 4 is 40.4 Å². The highest BCUT2D eigenvalue weighted by Crippen LogP contribution is 2.55. The number of hydrogen-bond donors (Lipinski definition) is 2. The number of ether oxygens (including phenoxy) is 2. The molecule has 2 aromatic heterocycles. The number of aromatic amines is 1. The number of nitrogens with zero attached hydrogens (tertiary/aromatic N) is 6. The molecule has 0 spiro atoms. The predicted octanol–water partition coefficient (Wildman–Crippen LogP) is 4.07. The van der Waals surface area contributed by atoms with Gasteiger partial charge in [0.25, 0.3) is 5.91 Å². The smallest absolute Gasteiger partial charge is 0.422 e. The molecule has 3 saturated heterocycles. The van der Waals surface area contributed by atoms with Crippen LogP contribution >= 0.6 is 11.8 Å².